The van der Waals surface area contributed by atoms with Gasteiger partial charge in [-0.3, -0.25) is 9.55 Å². The van der Waals surface area contributed by atoms with Crippen molar-refractivity contribution in [2.24, 2.45) is 0 Å². The van der Waals surface area contributed by atoms with E-state index in [1.807, 2.05) is 0 Å². The molecule has 0 bridgehead atoms. The highest BCUT2D eigenvalue weighted by Crippen LogP contribution is 2.29. The first-order chi connectivity index (χ1) is 12.2. The van der Waals surface area contributed by atoms with Crippen LogP contribution in [0.25, 0.3) is 12.2 Å². The Kier molecular flexibility index (Phi) is 6.42. The van der Waals surface area contributed by atoms with Gasteiger partial charge in [0.2, 0.25) is 0 Å². The highest BCUT2D eigenvalue weighted by molar-refractivity contribution is 7.32. The molecular formula is C16H15F3NO5P. The quantitative estimate of drug-likeness (QED) is 0.725. The number of ether oxygens (including phenoxy) is 1. The van der Waals surface area contributed by atoms with Crippen LogP contribution in [-0.2, 0) is 15.7 Å². The minimum Gasteiger partial charge on any atom is -0.505 e. The molecule has 1 aromatic heterocycles. The van der Waals surface area contributed by atoms with Gasteiger partial charge in [0.15, 0.2) is 0 Å². The van der Waals surface area contributed by atoms with E-state index in [1.54, 1.807) is 13.0 Å². The van der Waals surface area contributed by atoms with Gasteiger partial charge in [-0.15, -0.1) is 13.2 Å². The zero-order valence-corrected chi connectivity index (χ0v) is 14.4. The molecule has 140 valence electrons. The van der Waals surface area contributed by atoms with Crippen LogP contribution in [0, 0.1) is 6.92 Å². The fourth-order valence-electron chi connectivity index (χ4n) is 2.05. The number of nitrogens with zero attached hydrogens (tertiary/aromatic N) is 1. The van der Waals surface area contributed by atoms with Gasteiger partial charge in [0, 0.05) is 17.3 Å². The molecule has 26 heavy (non-hydrogen) atoms. The number of hydrogen-bond donors (Lipinski definition) is 2. The summed E-state index contributed by atoms with van der Waals surface area (Å²) in [7, 11) is -3.15. The Bertz CT molecular complexity index is 822. The van der Waals surface area contributed by atoms with Crippen LogP contribution in [0.2, 0.25) is 0 Å². The first kappa shape index (κ1) is 20.0. The molecule has 1 heterocycles. The molecule has 0 aliphatic carbocycles. The Labute approximate surface area is 147 Å². The molecule has 6 nitrogen and oxygen atoms in total. The maximum atomic E-state index is 12.1. The topological polar surface area (TPSA) is 88.9 Å². The lowest BCUT2D eigenvalue weighted by Crippen LogP contribution is -2.16. The molecule has 1 atom stereocenters. The third-order valence-electron chi connectivity index (χ3n) is 3.27. The van der Waals surface area contributed by atoms with Crippen LogP contribution in [-0.4, -0.2) is 21.3 Å². The lowest BCUT2D eigenvalue weighted by Gasteiger charge is -2.10. The second kappa shape index (κ2) is 8.35. The van der Waals surface area contributed by atoms with Crippen molar-refractivity contribution in [2.45, 2.75) is 19.9 Å². The highest BCUT2D eigenvalue weighted by Gasteiger charge is 2.30. The molecule has 0 spiro atoms. The summed E-state index contributed by atoms with van der Waals surface area (Å²) in [6.45, 7) is 1.35. The summed E-state index contributed by atoms with van der Waals surface area (Å²) in [5, 5.41) is 10.1. The van der Waals surface area contributed by atoms with Crippen LogP contribution in [0.4, 0.5) is 13.2 Å². The number of aromatic nitrogens is 1. The second-order valence-corrected chi connectivity index (χ2v) is 5.96. The lowest BCUT2D eigenvalue weighted by molar-refractivity contribution is -0.274. The third-order valence-corrected chi connectivity index (χ3v) is 3.66. The third kappa shape index (κ3) is 5.87. The van der Waals surface area contributed by atoms with Crippen LogP contribution < -0.4 is 4.74 Å². The summed E-state index contributed by atoms with van der Waals surface area (Å²) in [6.07, 6.45) is -0.296. The van der Waals surface area contributed by atoms with E-state index in [4.69, 9.17) is 4.89 Å². The van der Waals surface area contributed by atoms with Crippen LogP contribution in [0.3, 0.4) is 0 Å². The van der Waals surface area contributed by atoms with E-state index in [0.717, 1.165) is 12.1 Å². The number of rotatable bonds is 6. The molecule has 2 aromatic rings. The van der Waals surface area contributed by atoms with E-state index in [0.29, 0.717) is 22.4 Å². The molecule has 2 N–H and O–H groups in total. The molecule has 0 aliphatic heterocycles. The van der Waals surface area contributed by atoms with E-state index in [2.05, 4.69) is 14.2 Å². The Morgan fingerprint density at radius 2 is 1.88 bits per heavy atom. The predicted molar refractivity (Wildman–Crippen MR) is 88.7 cm³/mol. The molecular weight excluding hydrogens is 374 g/mol. The van der Waals surface area contributed by atoms with Gasteiger partial charge < -0.3 is 19.3 Å². The first-order valence-corrected chi connectivity index (χ1v) is 8.49. The zero-order chi connectivity index (χ0) is 19.3. The standard InChI is InChI=1S/C16H15F3NO5P/c1-10-15(21)14(12(8-20-10)9-24-26(22)23)7-4-11-2-5-13(6-3-11)25-16(17,18)19/h2-8,21,26H,9H2,1H3,(H,22,23). The van der Waals surface area contributed by atoms with Gasteiger partial charge in [-0.25, -0.2) is 0 Å². The molecule has 0 fully saturated rings. The monoisotopic (exact) mass is 389 g/mol. The van der Waals surface area contributed by atoms with Crippen LogP contribution >= 0.6 is 8.25 Å². The Morgan fingerprint density at radius 3 is 2.46 bits per heavy atom. The number of hydrogen-bond acceptors (Lipinski definition) is 5. The summed E-state index contributed by atoms with van der Waals surface area (Å²) in [6, 6.07) is 5.14. The zero-order valence-electron chi connectivity index (χ0n) is 13.4. The van der Waals surface area contributed by atoms with Crippen LogP contribution in [0.1, 0.15) is 22.4 Å². The summed E-state index contributed by atoms with van der Waals surface area (Å²) in [5.74, 6) is -0.476. The maximum Gasteiger partial charge on any atom is 0.573 e. The summed E-state index contributed by atoms with van der Waals surface area (Å²) >= 11 is 0. The van der Waals surface area contributed by atoms with Crippen molar-refractivity contribution < 1.29 is 37.0 Å². The lowest BCUT2D eigenvalue weighted by atomic mass is 10.1. The molecule has 0 saturated carbocycles. The minimum absolute atomic E-state index is 0.128. The van der Waals surface area contributed by atoms with Gasteiger partial charge in [-0.1, -0.05) is 24.3 Å². The number of pyridine rings is 1. The fourth-order valence-corrected chi connectivity index (χ4v) is 2.33. The largest absolute Gasteiger partial charge is 0.573 e. The molecule has 1 unspecified atom stereocenters. The van der Waals surface area contributed by atoms with Gasteiger partial charge in [-0.2, -0.15) is 0 Å². The fraction of sp³-hybridized carbons (Fsp3) is 0.188. The molecule has 0 saturated heterocycles. The highest BCUT2D eigenvalue weighted by atomic mass is 31.1. The summed E-state index contributed by atoms with van der Waals surface area (Å²) in [4.78, 5) is 12.7. The predicted octanol–water partition coefficient (Wildman–Crippen LogP) is 4.06. The number of benzene rings is 1. The molecule has 0 radical (unpaired) electrons. The average Bonchev–Trinajstić information content (AvgIpc) is 2.55. The van der Waals surface area contributed by atoms with E-state index in [-0.39, 0.29) is 18.1 Å². The van der Waals surface area contributed by atoms with Gasteiger partial charge in [0.1, 0.15) is 11.5 Å². The van der Waals surface area contributed by atoms with Crippen molar-refractivity contribution in [1.29, 1.82) is 0 Å². The molecule has 0 amide bonds. The Morgan fingerprint density at radius 1 is 1.23 bits per heavy atom. The van der Waals surface area contributed by atoms with Crippen molar-refractivity contribution in [2.75, 3.05) is 0 Å². The normalized spacial score (nSPS) is 13.1. The van der Waals surface area contributed by atoms with Crippen molar-refractivity contribution in [3.05, 3.63) is 52.8 Å². The smallest absolute Gasteiger partial charge is 0.505 e. The second-order valence-electron chi connectivity index (χ2n) is 5.14. The summed E-state index contributed by atoms with van der Waals surface area (Å²) in [5.41, 5.74) is 1.61. The van der Waals surface area contributed by atoms with Crippen molar-refractivity contribution in [3.8, 4) is 11.5 Å². The van der Waals surface area contributed by atoms with Gasteiger partial charge in [0.05, 0.1) is 12.3 Å². The molecule has 1 aromatic carbocycles. The SMILES string of the molecule is Cc1ncc(CO[PH](=O)O)c(C=Cc2ccc(OC(F)(F)F)cc2)c1O. The molecule has 0 aliphatic rings. The van der Waals surface area contributed by atoms with Gasteiger partial charge in [-0.05, 0) is 24.6 Å². The van der Waals surface area contributed by atoms with E-state index >= 15 is 0 Å². The average molecular weight is 389 g/mol. The van der Waals surface area contributed by atoms with Gasteiger partial charge >= 0.3 is 14.6 Å². The Balaban J connectivity index is 2.23. The van der Waals surface area contributed by atoms with Crippen LogP contribution in [0.15, 0.2) is 30.5 Å². The van der Waals surface area contributed by atoms with Crippen molar-refractivity contribution >= 4 is 20.4 Å². The van der Waals surface area contributed by atoms with E-state index < -0.39 is 14.6 Å². The van der Waals surface area contributed by atoms with Crippen LogP contribution in [0.5, 0.6) is 11.5 Å². The summed E-state index contributed by atoms with van der Waals surface area (Å²) < 4.78 is 55.6. The number of aryl methyl sites for hydroxylation is 1. The molecule has 10 heteroatoms. The van der Waals surface area contributed by atoms with Crippen molar-refractivity contribution in [1.82, 2.24) is 4.98 Å². The van der Waals surface area contributed by atoms with Crippen molar-refractivity contribution in [3.63, 3.8) is 0 Å². The number of alkyl halides is 3. The van der Waals surface area contributed by atoms with E-state index in [1.165, 1.54) is 24.4 Å². The maximum absolute atomic E-state index is 12.1. The first-order valence-electron chi connectivity index (χ1n) is 7.23. The van der Waals surface area contributed by atoms with Gasteiger partial charge in [0.25, 0.3) is 0 Å². The number of aromatic hydroxyl groups is 1. The minimum atomic E-state index is -4.76. The van der Waals surface area contributed by atoms with E-state index in [9.17, 15) is 22.8 Å². The molecule has 2 rings (SSSR count). The Hall–Kier alpha value is -2.35. The number of halogens is 3.